The molecule has 1 aliphatic rings. The molecule has 1 heterocycles. The molecule has 212 valence electrons. The first-order chi connectivity index (χ1) is 17.8. The van der Waals surface area contributed by atoms with E-state index in [1.807, 2.05) is 5.32 Å². The molecule has 38 heavy (non-hydrogen) atoms. The summed E-state index contributed by atoms with van der Waals surface area (Å²) in [7, 11) is -2.12. The number of hydrogen-bond donors (Lipinski definition) is 9. The first kappa shape index (κ1) is 31.7. The van der Waals surface area contributed by atoms with E-state index >= 15 is 0 Å². The highest BCUT2D eigenvalue weighted by molar-refractivity contribution is 7.85. The number of nitrogens with two attached hydrogens (primary N) is 2. The van der Waals surface area contributed by atoms with Gasteiger partial charge >= 0.3 is 11.9 Å². The highest BCUT2D eigenvalue weighted by Gasteiger charge is 2.30. The molecule has 11 N–H and O–H groups in total. The first-order valence-corrected chi connectivity index (χ1v) is 12.6. The Kier molecular flexibility index (Phi) is 13.1. The lowest BCUT2D eigenvalue weighted by Crippen LogP contribution is -2.56. The number of nitrogens with zero attached hydrogens (tertiary/aromatic N) is 1. The lowest BCUT2D eigenvalue weighted by Gasteiger charge is -2.22. The van der Waals surface area contributed by atoms with E-state index in [4.69, 9.17) is 16.6 Å². The number of aliphatic carboxylic acids is 2. The fourth-order valence-electron chi connectivity index (χ4n) is 3.01. The van der Waals surface area contributed by atoms with Crippen LogP contribution in [0.25, 0.3) is 0 Å². The number of guanidine groups is 1. The maximum absolute atomic E-state index is 12.6. The van der Waals surface area contributed by atoms with Crippen LogP contribution in [0.4, 0.5) is 0 Å². The molecular formula is C19H30N8O10S. The summed E-state index contributed by atoms with van der Waals surface area (Å²) < 4.78 is 12.3. The number of carboxylic acid groups (broad SMARTS) is 2. The number of amides is 5. The minimum absolute atomic E-state index is 0.0224. The minimum atomic E-state index is -2.12. The predicted molar refractivity (Wildman–Crippen MR) is 129 cm³/mol. The van der Waals surface area contributed by atoms with Gasteiger partial charge in [-0.15, -0.1) is 0 Å². The molecule has 0 aromatic heterocycles. The number of aliphatic imine (C=N–C) groups is 1. The molecule has 0 aromatic carbocycles. The Bertz CT molecular complexity index is 1000. The summed E-state index contributed by atoms with van der Waals surface area (Å²) in [5.74, 6) is -9.44. The maximum Gasteiger partial charge on any atom is 0.327 e. The molecule has 1 fully saturated rings. The molecule has 0 aliphatic carbocycles. The second kappa shape index (κ2) is 15.7. The molecule has 19 heteroatoms. The van der Waals surface area contributed by atoms with Crippen molar-refractivity contribution in [3.63, 3.8) is 0 Å². The van der Waals surface area contributed by atoms with Gasteiger partial charge in [0, 0.05) is 17.3 Å². The van der Waals surface area contributed by atoms with E-state index < -0.39 is 101 Å². The van der Waals surface area contributed by atoms with Crippen molar-refractivity contribution in [2.24, 2.45) is 16.5 Å². The van der Waals surface area contributed by atoms with Crippen molar-refractivity contribution in [1.82, 2.24) is 26.6 Å². The molecule has 0 spiro atoms. The third-order valence-corrected chi connectivity index (χ3v) is 6.05. The van der Waals surface area contributed by atoms with Gasteiger partial charge in [-0.05, 0) is 12.8 Å². The van der Waals surface area contributed by atoms with Crippen molar-refractivity contribution in [1.29, 1.82) is 0 Å². The van der Waals surface area contributed by atoms with Crippen molar-refractivity contribution in [2.75, 3.05) is 31.1 Å². The van der Waals surface area contributed by atoms with Crippen LogP contribution in [-0.4, -0.2) is 111 Å². The van der Waals surface area contributed by atoms with Crippen LogP contribution in [0.3, 0.4) is 0 Å². The van der Waals surface area contributed by atoms with Crippen molar-refractivity contribution < 1.29 is 48.0 Å². The lowest BCUT2D eigenvalue weighted by molar-refractivity contribution is -0.143. The molecule has 18 nitrogen and oxygen atoms in total. The van der Waals surface area contributed by atoms with Crippen molar-refractivity contribution in [3.8, 4) is 0 Å². The summed E-state index contributed by atoms with van der Waals surface area (Å²) in [5.41, 5.74) is 10.5. The monoisotopic (exact) mass is 562 g/mol. The molecule has 0 radical (unpaired) electrons. The Morgan fingerprint density at radius 2 is 1.50 bits per heavy atom. The van der Waals surface area contributed by atoms with E-state index in [-0.39, 0.29) is 25.3 Å². The van der Waals surface area contributed by atoms with Crippen LogP contribution in [0.5, 0.6) is 0 Å². The lowest BCUT2D eigenvalue weighted by atomic mass is 10.1. The van der Waals surface area contributed by atoms with Crippen molar-refractivity contribution >= 4 is 58.2 Å². The summed E-state index contributed by atoms with van der Waals surface area (Å²) in [6.45, 7) is -1.22. The molecular weight excluding hydrogens is 532 g/mol. The molecule has 0 bridgehead atoms. The predicted octanol–water partition coefficient (Wildman–Crippen LogP) is -5.95. The van der Waals surface area contributed by atoms with Gasteiger partial charge in [0.05, 0.1) is 25.3 Å². The van der Waals surface area contributed by atoms with Crippen LogP contribution in [0.1, 0.15) is 19.3 Å². The van der Waals surface area contributed by atoms with Gasteiger partial charge in [0.1, 0.15) is 23.9 Å². The highest BCUT2D eigenvalue weighted by Crippen LogP contribution is 2.01. The number of carboxylic acids is 2. The molecule has 4 atom stereocenters. The number of hydrogen-bond acceptors (Lipinski definition) is 9. The van der Waals surface area contributed by atoms with E-state index in [2.05, 4.69) is 26.3 Å². The van der Waals surface area contributed by atoms with Crippen LogP contribution >= 0.6 is 0 Å². The van der Waals surface area contributed by atoms with Crippen LogP contribution in [0, 0.1) is 0 Å². The van der Waals surface area contributed by atoms with E-state index in [1.165, 1.54) is 0 Å². The molecule has 0 saturated carbocycles. The van der Waals surface area contributed by atoms with Crippen LogP contribution in [0.2, 0.25) is 0 Å². The van der Waals surface area contributed by atoms with Crippen molar-refractivity contribution in [3.05, 3.63) is 0 Å². The number of nitrogens with one attached hydrogen (secondary N) is 5. The molecule has 5 amide bonds. The number of carbonyl (C=O) groups is 7. The van der Waals surface area contributed by atoms with E-state index in [1.54, 1.807) is 0 Å². The minimum Gasteiger partial charge on any atom is -0.481 e. The van der Waals surface area contributed by atoms with Gasteiger partial charge in [0.15, 0.2) is 5.96 Å². The van der Waals surface area contributed by atoms with Crippen molar-refractivity contribution in [2.45, 2.75) is 37.4 Å². The fraction of sp³-hybridized carbons (Fsp3) is 0.579. The second-order valence-corrected chi connectivity index (χ2v) is 9.43. The first-order valence-electron chi connectivity index (χ1n) is 11.1. The van der Waals surface area contributed by atoms with Gasteiger partial charge in [0.25, 0.3) is 0 Å². The Hall–Kier alpha value is -4.29. The van der Waals surface area contributed by atoms with Crippen LogP contribution in [0.15, 0.2) is 4.99 Å². The average molecular weight is 563 g/mol. The van der Waals surface area contributed by atoms with Gasteiger partial charge in [-0.1, -0.05) is 0 Å². The van der Waals surface area contributed by atoms with Crippen LogP contribution in [-0.2, 0) is 44.4 Å². The summed E-state index contributed by atoms with van der Waals surface area (Å²) in [4.78, 5) is 88.2. The zero-order chi connectivity index (χ0) is 28.8. The topological polar surface area (TPSA) is 302 Å². The highest BCUT2D eigenvalue weighted by atomic mass is 32.2. The Labute approximate surface area is 218 Å². The smallest absolute Gasteiger partial charge is 0.327 e. The standard InChI is InChI=1S/C19H30N8O10S/c20-19(21)22-3-1-2-9-16(33)24-6-13(29)26-10(4-15(31)32)17(34)27-11(18(35)36)7-38(37)8-14(30)23-5-12(28)25-9/h9-11H,1-8H2,(H,23,30)(H,24,33)(H,25,28)(H,26,29)(H,27,34)(H,31,32)(H,35,36)(H4,20,21,22)/t9-,10-,11-,38?/m0/s1. The molecule has 1 aliphatic heterocycles. The fourth-order valence-corrected chi connectivity index (χ4v) is 4.12. The summed E-state index contributed by atoms with van der Waals surface area (Å²) in [5, 5.41) is 29.2. The van der Waals surface area contributed by atoms with Gasteiger partial charge < -0.3 is 48.3 Å². The third-order valence-electron chi connectivity index (χ3n) is 4.76. The van der Waals surface area contributed by atoms with Gasteiger partial charge in [-0.3, -0.25) is 38.0 Å². The maximum atomic E-state index is 12.6. The summed E-state index contributed by atoms with van der Waals surface area (Å²) >= 11 is 0. The van der Waals surface area contributed by atoms with Crippen LogP contribution < -0.4 is 38.1 Å². The average Bonchev–Trinajstić information content (AvgIpc) is 2.81. The zero-order valence-electron chi connectivity index (χ0n) is 20.1. The Morgan fingerprint density at radius 3 is 2.08 bits per heavy atom. The largest absolute Gasteiger partial charge is 0.481 e. The van der Waals surface area contributed by atoms with Gasteiger partial charge in [-0.25, -0.2) is 4.79 Å². The van der Waals surface area contributed by atoms with Gasteiger partial charge in [-0.2, -0.15) is 0 Å². The number of rotatable bonds is 7. The molecule has 1 saturated heterocycles. The summed E-state index contributed by atoms with van der Waals surface area (Å²) in [6, 6.07) is -4.72. The van der Waals surface area contributed by atoms with E-state index in [0.717, 1.165) is 0 Å². The molecule has 0 aromatic rings. The second-order valence-electron chi connectivity index (χ2n) is 7.93. The quantitative estimate of drug-likeness (QED) is 0.0796. The summed E-state index contributed by atoms with van der Waals surface area (Å²) in [6.07, 6.45) is -0.680. The Morgan fingerprint density at radius 1 is 0.895 bits per heavy atom. The third kappa shape index (κ3) is 12.6. The number of carbonyl (C=O) groups excluding carboxylic acids is 5. The zero-order valence-corrected chi connectivity index (χ0v) is 20.9. The Balaban J connectivity index is 3.13. The molecule has 1 rings (SSSR count). The SMILES string of the molecule is NC(N)=NCCC[C@@H]1NC(=O)CNC(=O)CS(=O)C[C@@H](C(=O)O)NC(=O)[C@H](CC(=O)O)NC(=O)CNC1=O. The van der Waals surface area contributed by atoms with Gasteiger partial charge in [0.2, 0.25) is 29.5 Å². The van der Waals surface area contributed by atoms with E-state index in [0.29, 0.717) is 0 Å². The molecule has 1 unspecified atom stereocenters. The van der Waals surface area contributed by atoms with E-state index in [9.17, 15) is 42.9 Å². The normalized spacial score (nSPS) is 24.3.